The summed E-state index contributed by atoms with van der Waals surface area (Å²) in [5, 5.41) is 2.24. The number of ether oxygens (including phenoxy) is 1. The molecule has 0 saturated carbocycles. The van der Waals surface area contributed by atoms with Crippen LogP contribution in [0, 0.1) is 0 Å². The van der Waals surface area contributed by atoms with Crippen molar-refractivity contribution < 1.29 is 9.53 Å². The van der Waals surface area contributed by atoms with Crippen molar-refractivity contribution in [3.05, 3.63) is 102 Å². The zero-order chi connectivity index (χ0) is 22.3. The van der Waals surface area contributed by atoms with Crippen LogP contribution < -0.4 is 4.74 Å². The van der Waals surface area contributed by atoms with Gasteiger partial charge in [0.05, 0.1) is 13.7 Å². The molecule has 3 aromatic carbocycles. The molecule has 0 aliphatic carbocycles. The number of nitrogens with zero attached hydrogens (tertiary/aromatic N) is 2. The van der Waals surface area contributed by atoms with Gasteiger partial charge in [0.25, 0.3) is 5.91 Å². The minimum atomic E-state index is 0.0818. The van der Waals surface area contributed by atoms with E-state index in [-0.39, 0.29) is 5.91 Å². The van der Waals surface area contributed by atoms with Crippen LogP contribution in [-0.4, -0.2) is 29.0 Å². The van der Waals surface area contributed by atoms with E-state index in [0.717, 1.165) is 53.7 Å². The molecule has 32 heavy (non-hydrogen) atoms. The lowest BCUT2D eigenvalue weighted by Gasteiger charge is -2.24. The van der Waals surface area contributed by atoms with Gasteiger partial charge in [0.1, 0.15) is 5.75 Å². The Bertz CT molecular complexity index is 1190. The maximum absolute atomic E-state index is 13.5. The molecule has 0 spiro atoms. The van der Waals surface area contributed by atoms with Crippen molar-refractivity contribution in [2.45, 2.75) is 32.9 Å². The highest BCUT2D eigenvalue weighted by Crippen LogP contribution is 2.20. The maximum Gasteiger partial charge on any atom is 0.254 e. The van der Waals surface area contributed by atoms with E-state index in [2.05, 4.69) is 48.0 Å². The molecule has 4 rings (SSSR count). The molecule has 0 radical (unpaired) electrons. The van der Waals surface area contributed by atoms with Crippen LogP contribution >= 0.6 is 0 Å². The van der Waals surface area contributed by atoms with Crippen molar-refractivity contribution >= 4 is 16.7 Å². The molecule has 1 amide bonds. The van der Waals surface area contributed by atoms with Crippen LogP contribution in [0.15, 0.2) is 85.1 Å². The lowest BCUT2D eigenvalue weighted by atomic mass is 10.1. The predicted octanol–water partition coefficient (Wildman–Crippen LogP) is 6.14. The Hall–Kier alpha value is -3.53. The average Bonchev–Trinajstić information content (AvgIpc) is 3.27. The largest absolute Gasteiger partial charge is 0.497 e. The molecule has 0 saturated heterocycles. The fourth-order valence-corrected chi connectivity index (χ4v) is 4.02. The van der Waals surface area contributed by atoms with E-state index in [4.69, 9.17) is 4.74 Å². The van der Waals surface area contributed by atoms with Gasteiger partial charge in [0, 0.05) is 30.5 Å². The molecule has 1 aromatic heterocycles. The van der Waals surface area contributed by atoms with Gasteiger partial charge in [0.2, 0.25) is 0 Å². The average molecular weight is 427 g/mol. The van der Waals surface area contributed by atoms with Crippen molar-refractivity contribution in [3.63, 3.8) is 0 Å². The lowest BCUT2D eigenvalue weighted by Crippen LogP contribution is -2.32. The summed E-state index contributed by atoms with van der Waals surface area (Å²) < 4.78 is 7.57. The summed E-state index contributed by atoms with van der Waals surface area (Å²) in [6, 6.07) is 26.4. The van der Waals surface area contributed by atoms with Gasteiger partial charge in [-0.3, -0.25) is 4.79 Å². The zero-order valence-electron chi connectivity index (χ0n) is 18.8. The van der Waals surface area contributed by atoms with Crippen LogP contribution in [0.3, 0.4) is 0 Å². The Kier molecular flexibility index (Phi) is 6.90. The van der Waals surface area contributed by atoms with E-state index >= 15 is 0 Å². The van der Waals surface area contributed by atoms with Gasteiger partial charge >= 0.3 is 0 Å². The van der Waals surface area contributed by atoms with E-state index in [1.54, 1.807) is 7.11 Å². The van der Waals surface area contributed by atoms with Gasteiger partial charge in [-0.2, -0.15) is 0 Å². The number of carbonyl (C=O) groups is 1. The lowest BCUT2D eigenvalue weighted by molar-refractivity contribution is 0.0737. The van der Waals surface area contributed by atoms with Crippen molar-refractivity contribution in [2.75, 3.05) is 13.7 Å². The third-order valence-corrected chi connectivity index (χ3v) is 5.83. The summed E-state index contributed by atoms with van der Waals surface area (Å²) in [4.78, 5) is 15.5. The number of fused-ring (bicyclic) bond motifs is 1. The summed E-state index contributed by atoms with van der Waals surface area (Å²) in [6.45, 7) is 4.23. The van der Waals surface area contributed by atoms with Gasteiger partial charge in [-0.15, -0.1) is 0 Å². The van der Waals surface area contributed by atoms with Crippen LogP contribution in [0.5, 0.6) is 5.75 Å². The van der Waals surface area contributed by atoms with E-state index in [1.165, 1.54) is 5.56 Å². The zero-order valence-corrected chi connectivity index (χ0v) is 18.8. The third kappa shape index (κ3) is 5.02. The second-order valence-electron chi connectivity index (χ2n) is 8.12. The second kappa shape index (κ2) is 10.2. The van der Waals surface area contributed by atoms with Gasteiger partial charge in [-0.1, -0.05) is 55.8 Å². The molecule has 1 heterocycles. The predicted molar refractivity (Wildman–Crippen MR) is 130 cm³/mol. The number of hydrogen-bond acceptors (Lipinski definition) is 2. The third-order valence-electron chi connectivity index (χ3n) is 5.83. The molecule has 4 aromatic rings. The first-order valence-corrected chi connectivity index (χ1v) is 11.2. The summed E-state index contributed by atoms with van der Waals surface area (Å²) >= 11 is 0. The van der Waals surface area contributed by atoms with Crippen LogP contribution in [-0.2, 0) is 13.1 Å². The smallest absolute Gasteiger partial charge is 0.254 e. The molecule has 4 heteroatoms. The Morgan fingerprint density at radius 2 is 1.78 bits per heavy atom. The second-order valence-corrected chi connectivity index (χ2v) is 8.12. The summed E-state index contributed by atoms with van der Waals surface area (Å²) in [5.74, 6) is 0.936. The van der Waals surface area contributed by atoms with Gasteiger partial charge < -0.3 is 14.2 Å². The molecule has 164 valence electrons. The standard InChI is InChI=1S/C28H30N2O2/c1-3-4-16-30(28(31)25-15-14-23-10-5-6-11-24(23)19-25)21-26-12-8-17-29(26)20-22-9-7-13-27(18-22)32-2/h5-15,17-19H,3-4,16,20-21H2,1-2H3. The Labute approximate surface area is 190 Å². The molecule has 4 nitrogen and oxygen atoms in total. The first-order valence-electron chi connectivity index (χ1n) is 11.2. The molecule has 0 atom stereocenters. The molecule has 0 bridgehead atoms. The Balaban J connectivity index is 1.56. The Morgan fingerprint density at radius 3 is 2.59 bits per heavy atom. The molecule has 0 unspecified atom stereocenters. The highest BCUT2D eigenvalue weighted by atomic mass is 16.5. The first kappa shape index (κ1) is 21.7. The number of rotatable bonds is 9. The molecule has 0 fully saturated rings. The fourth-order valence-electron chi connectivity index (χ4n) is 4.02. The maximum atomic E-state index is 13.5. The van der Waals surface area contributed by atoms with Crippen LogP contribution in [0.1, 0.15) is 41.4 Å². The van der Waals surface area contributed by atoms with E-state index in [1.807, 2.05) is 53.4 Å². The van der Waals surface area contributed by atoms with Crippen LogP contribution in [0.4, 0.5) is 0 Å². The number of unbranched alkanes of at least 4 members (excludes halogenated alkanes) is 1. The van der Waals surface area contributed by atoms with Gasteiger partial charge in [-0.25, -0.2) is 0 Å². The minimum absolute atomic E-state index is 0.0818. The number of amides is 1. The van der Waals surface area contributed by atoms with Gasteiger partial charge in [-0.05, 0) is 59.2 Å². The van der Waals surface area contributed by atoms with Crippen LogP contribution in [0.25, 0.3) is 10.8 Å². The monoisotopic (exact) mass is 426 g/mol. The number of aromatic nitrogens is 1. The fraction of sp³-hybridized carbons (Fsp3) is 0.250. The van der Waals surface area contributed by atoms with E-state index in [0.29, 0.717) is 6.54 Å². The normalized spacial score (nSPS) is 10.9. The molecular formula is C28H30N2O2. The minimum Gasteiger partial charge on any atom is -0.497 e. The number of hydrogen-bond donors (Lipinski definition) is 0. The Morgan fingerprint density at radius 1 is 0.938 bits per heavy atom. The number of benzene rings is 3. The summed E-state index contributed by atoms with van der Waals surface area (Å²) in [7, 11) is 1.68. The number of carbonyl (C=O) groups excluding carboxylic acids is 1. The topological polar surface area (TPSA) is 34.5 Å². The molecule has 0 aliphatic heterocycles. The van der Waals surface area contributed by atoms with E-state index in [9.17, 15) is 4.79 Å². The highest BCUT2D eigenvalue weighted by Gasteiger charge is 2.18. The highest BCUT2D eigenvalue weighted by molar-refractivity contribution is 5.98. The van der Waals surface area contributed by atoms with Gasteiger partial charge in [0.15, 0.2) is 0 Å². The number of methoxy groups -OCH3 is 1. The molecule has 0 N–H and O–H groups in total. The first-order chi connectivity index (χ1) is 15.7. The molecule has 0 aliphatic rings. The van der Waals surface area contributed by atoms with Crippen molar-refractivity contribution in [1.82, 2.24) is 9.47 Å². The van der Waals surface area contributed by atoms with Crippen molar-refractivity contribution in [3.8, 4) is 5.75 Å². The molecular weight excluding hydrogens is 396 g/mol. The summed E-state index contributed by atoms with van der Waals surface area (Å²) in [5.41, 5.74) is 3.03. The summed E-state index contributed by atoms with van der Waals surface area (Å²) in [6.07, 6.45) is 4.11. The van der Waals surface area contributed by atoms with Crippen LogP contribution in [0.2, 0.25) is 0 Å². The quantitative estimate of drug-likeness (QED) is 0.322. The SMILES string of the molecule is CCCCN(Cc1cccn1Cc1cccc(OC)c1)C(=O)c1ccc2ccccc2c1. The van der Waals surface area contributed by atoms with E-state index < -0.39 is 0 Å². The van der Waals surface area contributed by atoms with Crippen molar-refractivity contribution in [1.29, 1.82) is 0 Å². The van der Waals surface area contributed by atoms with Crippen molar-refractivity contribution in [2.24, 2.45) is 0 Å².